The van der Waals surface area contributed by atoms with Crippen LogP contribution in [0.3, 0.4) is 0 Å². The summed E-state index contributed by atoms with van der Waals surface area (Å²) in [7, 11) is 0. The quantitative estimate of drug-likeness (QED) is 0.626. The van der Waals surface area contributed by atoms with Gasteiger partial charge in [0.2, 0.25) is 0 Å². The molecule has 0 heterocycles. The molecule has 1 aliphatic carbocycles. The minimum Gasteiger partial charge on any atom is -0.330 e. The van der Waals surface area contributed by atoms with Crippen molar-refractivity contribution in [1.29, 1.82) is 0 Å². The van der Waals surface area contributed by atoms with Crippen LogP contribution in [0.4, 0.5) is 0 Å². The highest BCUT2D eigenvalue weighted by atomic mass is 14.6. The fourth-order valence-corrected chi connectivity index (χ4v) is 1.96. The molecule has 1 nitrogen and oxygen atoms in total. The van der Waals surface area contributed by atoms with Gasteiger partial charge in [0.05, 0.1) is 0 Å². The average molecular weight is 141 g/mol. The fourth-order valence-electron chi connectivity index (χ4n) is 1.96. The van der Waals surface area contributed by atoms with E-state index >= 15 is 0 Å². The molecule has 0 aromatic heterocycles. The van der Waals surface area contributed by atoms with E-state index < -0.39 is 0 Å². The predicted octanol–water partition coefficient (Wildman–Crippen LogP) is 2.16. The van der Waals surface area contributed by atoms with Crippen molar-refractivity contribution in [3.63, 3.8) is 0 Å². The minimum atomic E-state index is 0.578. The summed E-state index contributed by atoms with van der Waals surface area (Å²) in [5, 5.41) is 0. The molecule has 0 aromatic carbocycles. The van der Waals surface area contributed by atoms with Crippen LogP contribution in [0.15, 0.2) is 0 Å². The molecule has 60 valence electrons. The van der Waals surface area contributed by atoms with Crippen molar-refractivity contribution in [2.45, 2.75) is 39.5 Å². The third-order valence-corrected chi connectivity index (χ3v) is 3.29. The second-order valence-corrected chi connectivity index (χ2v) is 4.00. The van der Waals surface area contributed by atoms with E-state index in [4.69, 9.17) is 5.73 Å². The number of nitrogens with two attached hydrogens (primary N) is 1. The zero-order valence-electron chi connectivity index (χ0n) is 7.19. The second kappa shape index (κ2) is 2.91. The first-order valence-electron chi connectivity index (χ1n) is 4.39. The Kier molecular flexibility index (Phi) is 2.35. The normalized spacial score (nSPS) is 26.7. The van der Waals surface area contributed by atoms with Gasteiger partial charge in [-0.1, -0.05) is 26.7 Å². The van der Waals surface area contributed by atoms with E-state index in [1.54, 1.807) is 0 Å². The number of hydrogen-bond donors (Lipinski definition) is 1. The van der Waals surface area contributed by atoms with Crippen LogP contribution in [-0.2, 0) is 0 Å². The summed E-state index contributed by atoms with van der Waals surface area (Å²) < 4.78 is 0. The van der Waals surface area contributed by atoms with Gasteiger partial charge in [-0.05, 0) is 30.7 Å². The van der Waals surface area contributed by atoms with Crippen molar-refractivity contribution in [1.82, 2.24) is 0 Å². The van der Waals surface area contributed by atoms with E-state index in [0.29, 0.717) is 5.41 Å². The van der Waals surface area contributed by atoms with Gasteiger partial charge >= 0.3 is 0 Å². The van der Waals surface area contributed by atoms with E-state index in [2.05, 4.69) is 13.8 Å². The van der Waals surface area contributed by atoms with Gasteiger partial charge in [-0.3, -0.25) is 0 Å². The fraction of sp³-hybridized carbons (Fsp3) is 1.00. The molecule has 0 aromatic rings. The van der Waals surface area contributed by atoms with Crippen LogP contribution >= 0.6 is 0 Å². The lowest BCUT2D eigenvalue weighted by atomic mass is 9.77. The van der Waals surface area contributed by atoms with Crippen molar-refractivity contribution < 1.29 is 0 Å². The molecule has 0 spiro atoms. The third-order valence-electron chi connectivity index (χ3n) is 3.29. The van der Waals surface area contributed by atoms with Crippen LogP contribution in [0.2, 0.25) is 0 Å². The highest BCUT2D eigenvalue weighted by molar-refractivity contribution is 4.84. The lowest BCUT2D eigenvalue weighted by Gasteiger charge is -2.30. The first-order valence-corrected chi connectivity index (χ1v) is 4.39. The summed E-state index contributed by atoms with van der Waals surface area (Å²) in [5.41, 5.74) is 6.22. The van der Waals surface area contributed by atoms with Crippen LogP contribution in [0.5, 0.6) is 0 Å². The van der Waals surface area contributed by atoms with Crippen LogP contribution in [0.1, 0.15) is 39.5 Å². The summed E-state index contributed by atoms with van der Waals surface area (Å²) in [6, 6.07) is 0. The molecule has 1 fully saturated rings. The molecule has 0 saturated heterocycles. The maximum Gasteiger partial charge on any atom is -0.00463 e. The molecule has 1 aliphatic rings. The molecule has 1 rings (SSSR count). The molecule has 1 atom stereocenters. The zero-order chi connectivity index (χ0) is 7.61. The van der Waals surface area contributed by atoms with E-state index in [1.807, 2.05) is 0 Å². The highest BCUT2D eigenvalue weighted by Gasteiger charge is 2.32. The Morgan fingerprint density at radius 2 is 1.90 bits per heavy atom. The van der Waals surface area contributed by atoms with Gasteiger partial charge < -0.3 is 5.73 Å². The largest absolute Gasteiger partial charge is 0.330 e. The number of hydrogen-bond acceptors (Lipinski definition) is 1. The monoisotopic (exact) mass is 141 g/mol. The summed E-state index contributed by atoms with van der Waals surface area (Å²) in [6.07, 6.45) is 5.62. The Labute approximate surface area is 64.0 Å². The van der Waals surface area contributed by atoms with Crippen molar-refractivity contribution in [3.8, 4) is 0 Å². The molecule has 0 bridgehead atoms. The summed E-state index contributed by atoms with van der Waals surface area (Å²) in [4.78, 5) is 0. The highest BCUT2D eigenvalue weighted by Crippen LogP contribution is 2.43. The number of rotatable bonds is 2. The van der Waals surface area contributed by atoms with Gasteiger partial charge in [0.1, 0.15) is 0 Å². The minimum absolute atomic E-state index is 0.578. The van der Waals surface area contributed by atoms with Crippen LogP contribution < -0.4 is 5.73 Å². The molecular weight excluding hydrogens is 122 g/mol. The smallest absolute Gasteiger partial charge is 0.00463 e. The Morgan fingerprint density at radius 3 is 2.30 bits per heavy atom. The Hall–Kier alpha value is -0.0400. The van der Waals surface area contributed by atoms with E-state index in [1.165, 1.54) is 25.7 Å². The van der Waals surface area contributed by atoms with Gasteiger partial charge in [0.25, 0.3) is 0 Å². The third kappa shape index (κ3) is 1.34. The van der Waals surface area contributed by atoms with Crippen molar-refractivity contribution in [2.75, 3.05) is 6.54 Å². The molecule has 1 heteroatoms. The summed E-state index contributed by atoms with van der Waals surface area (Å²) >= 11 is 0. The van der Waals surface area contributed by atoms with Crippen LogP contribution in [0, 0.1) is 11.3 Å². The Morgan fingerprint density at radius 1 is 1.40 bits per heavy atom. The van der Waals surface area contributed by atoms with E-state index in [0.717, 1.165) is 12.5 Å². The van der Waals surface area contributed by atoms with Crippen molar-refractivity contribution in [2.24, 2.45) is 17.1 Å². The topological polar surface area (TPSA) is 26.0 Å². The predicted molar refractivity (Wildman–Crippen MR) is 44.8 cm³/mol. The van der Waals surface area contributed by atoms with Crippen LogP contribution in [-0.4, -0.2) is 6.54 Å². The summed E-state index contributed by atoms with van der Waals surface area (Å²) in [5.74, 6) is 0.718. The van der Waals surface area contributed by atoms with Gasteiger partial charge in [0.15, 0.2) is 0 Å². The average Bonchev–Trinajstić information content (AvgIpc) is 2.36. The van der Waals surface area contributed by atoms with E-state index in [9.17, 15) is 0 Å². The summed E-state index contributed by atoms with van der Waals surface area (Å²) in [6.45, 7) is 5.53. The Balaban J connectivity index is 2.49. The van der Waals surface area contributed by atoms with Crippen molar-refractivity contribution >= 4 is 0 Å². The lowest BCUT2D eigenvalue weighted by molar-refractivity contribution is 0.216. The SMILES string of the molecule is CC(CN)C1(C)CCCC1. The first-order chi connectivity index (χ1) is 4.69. The molecule has 1 unspecified atom stereocenters. The zero-order valence-corrected chi connectivity index (χ0v) is 7.19. The second-order valence-electron chi connectivity index (χ2n) is 4.00. The molecular formula is C9H19N. The maximum atomic E-state index is 5.64. The van der Waals surface area contributed by atoms with Gasteiger partial charge in [0, 0.05) is 0 Å². The maximum absolute atomic E-state index is 5.64. The van der Waals surface area contributed by atoms with Gasteiger partial charge in [-0.2, -0.15) is 0 Å². The van der Waals surface area contributed by atoms with E-state index in [-0.39, 0.29) is 0 Å². The van der Waals surface area contributed by atoms with Gasteiger partial charge in [-0.15, -0.1) is 0 Å². The molecule has 0 radical (unpaired) electrons. The Bertz CT molecular complexity index is 103. The molecule has 2 N–H and O–H groups in total. The first kappa shape index (κ1) is 8.06. The standard InChI is InChI=1S/C9H19N/c1-8(7-10)9(2)5-3-4-6-9/h8H,3-7,10H2,1-2H3. The van der Waals surface area contributed by atoms with Gasteiger partial charge in [-0.25, -0.2) is 0 Å². The van der Waals surface area contributed by atoms with Crippen molar-refractivity contribution in [3.05, 3.63) is 0 Å². The lowest BCUT2D eigenvalue weighted by Crippen LogP contribution is -2.28. The molecule has 0 aliphatic heterocycles. The molecule has 1 saturated carbocycles. The van der Waals surface area contributed by atoms with Crippen LogP contribution in [0.25, 0.3) is 0 Å². The molecule has 0 amide bonds. The molecule has 10 heavy (non-hydrogen) atoms.